The number of aliphatic hydroxyl groups excluding tert-OH is 3. The number of aliphatic imine (C=N–C) groups is 1. The van der Waals surface area contributed by atoms with Gasteiger partial charge in [-0.1, -0.05) is 19.9 Å². The molecule has 7 heteroatoms. The number of ether oxygens (including phenoxy) is 1. The normalized spacial score (nSPS) is 51.2. The van der Waals surface area contributed by atoms with E-state index in [9.17, 15) is 24.9 Å². The van der Waals surface area contributed by atoms with E-state index in [1.807, 2.05) is 19.9 Å². The average Bonchev–Trinajstić information content (AvgIpc) is 3.13. The smallest absolute Gasteiger partial charge is 0.190 e. The molecule has 0 amide bonds. The largest absolute Gasteiger partial charge is 0.475 e. The zero-order chi connectivity index (χ0) is 21.6. The maximum absolute atomic E-state index is 13.1. The van der Waals surface area contributed by atoms with E-state index in [1.165, 1.54) is 12.2 Å². The minimum Gasteiger partial charge on any atom is -0.475 e. The predicted octanol–water partition coefficient (Wildman–Crippen LogP) is 0.963. The fraction of sp³-hybridized carbons (Fsp3) is 0.696. The molecule has 9 atom stereocenters. The topological polar surface area (TPSA) is 116 Å². The third kappa shape index (κ3) is 2.18. The summed E-state index contributed by atoms with van der Waals surface area (Å²) in [5.74, 6) is -0.334. The summed E-state index contributed by atoms with van der Waals surface area (Å²) in [6, 6.07) is 0. The second-order valence-electron chi connectivity index (χ2n) is 10.2. The Balaban J connectivity index is 1.63. The van der Waals surface area contributed by atoms with Crippen LogP contribution in [0.25, 0.3) is 0 Å². The molecule has 4 aliphatic carbocycles. The molecule has 0 spiro atoms. The number of ketones is 2. The van der Waals surface area contributed by atoms with E-state index in [-0.39, 0.29) is 29.3 Å². The molecule has 1 aliphatic heterocycles. The lowest BCUT2D eigenvalue weighted by atomic mass is 9.45. The number of Topliss-reactive ketones (excluding diaryl/α,β-unsaturated/α-hetero) is 1. The molecule has 3 fully saturated rings. The fourth-order valence-corrected chi connectivity index (χ4v) is 7.86. The zero-order valence-corrected chi connectivity index (χ0v) is 17.5. The fourth-order valence-electron chi connectivity index (χ4n) is 7.86. The van der Waals surface area contributed by atoms with Crippen LogP contribution >= 0.6 is 0 Å². The Morgan fingerprint density at radius 1 is 1.30 bits per heavy atom. The van der Waals surface area contributed by atoms with Gasteiger partial charge in [0.15, 0.2) is 23.0 Å². The molecule has 0 saturated heterocycles. The van der Waals surface area contributed by atoms with E-state index < -0.39 is 41.3 Å². The number of hydrogen-bond acceptors (Lipinski definition) is 7. The van der Waals surface area contributed by atoms with Gasteiger partial charge in [0.2, 0.25) is 0 Å². The van der Waals surface area contributed by atoms with Gasteiger partial charge in [-0.25, -0.2) is 4.99 Å². The van der Waals surface area contributed by atoms with Gasteiger partial charge < -0.3 is 20.1 Å². The van der Waals surface area contributed by atoms with Crippen LogP contribution in [0.2, 0.25) is 0 Å². The Kier molecular flexibility index (Phi) is 4.09. The SMILES string of the molecule is CC1=N[C@@]2(C(=O)CO)[C@@H](C[C@H]3[C@@H]4C[C@H](O)C5=CC(=O)C=C[C@]5(C)[C@H]4[C@@H](O)C[C@@]32C)O1. The molecule has 3 N–H and O–H groups in total. The van der Waals surface area contributed by atoms with Gasteiger partial charge in [-0.2, -0.15) is 0 Å². The first-order valence-electron chi connectivity index (χ1n) is 10.8. The maximum atomic E-state index is 13.1. The van der Waals surface area contributed by atoms with Crippen LogP contribution in [0.1, 0.15) is 40.0 Å². The molecular formula is C23H29NO6. The Bertz CT molecular complexity index is 923. The average molecular weight is 415 g/mol. The van der Waals surface area contributed by atoms with Crippen molar-refractivity contribution in [2.24, 2.45) is 33.6 Å². The summed E-state index contributed by atoms with van der Waals surface area (Å²) >= 11 is 0. The summed E-state index contributed by atoms with van der Waals surface area (Å²) in [5, 5.41) is 32.2. The quantitative estimate of drug-likeness (QED) is 0.619. The van der Waals surface area contributed by atoms with Crippen molar-refractivity contribution in [2.45, 2.75) is 63.9 Å². The molecule has 5 rings (SSSR count). The predicted molar refractivity (Wildman–Crippen MR) is 108 cm³/mol. The van der Waals surface area contributed by atoms with Crippen LogP contribution in [-0.4, -0.2) is 63.2 Å². The van der Waals surface area contributed by atoms with Crippen LogP contribution < -0.4 is 0 Å². The lowest BCUT2D eigenvalue weighted by Crippen LogP contribution is -2.63. The van der Waals surface area contributed by atoms with Gasteiger partial charge in [-0.15, -0.1) is 0 Å². The summed E-state index contributed by atoms with van der Waals surface area (Å²) in [4.78, 5) is 29.7. The van der Waals surface area contributed by atoms with Crippen LogP contribution in [0.3, 0.4) is 0 Å². The molecule has 3 saturated carbocycles. The van der Waals surface area contributed by atoms with E-state index in [2.05, 4.69) is 4.99 Å². The monoisotopic (exact) mass is 415 g/mol. The summed E-state index contributed by atoms with van der Waals surface area (Å²) in [5.41, 5.74) is -1.85. The Morgan fingerprint density at radius 2 is 2.03 bits per heavy atom. The highest BCUT2D eigenvalue weighted by atomic mass is 16.5. The van der Waals surface area contributed by atoms with Crippen molar-refractivity contribution in [2.75, 3.05) is 6.61 Å². The molecule has 5 aliphatic rings. The van der Waals surface area contributed by atoms with Crippen molar-refractivity contribution in [1.82, 2.24) is 0 Å². The molecule has 0 radical (unpaired) electrons. The molecule has 30 heavy (non-hydrogen) atoms. The van der Waals surface area contributed by atoms with Crippen molar-refractivity contribution >= 4 is 17.5 Å². The summed E-state index contributed by atoms with van der Waals surface area (Å²) in [7, 11) is 0. The number of hydrogen-bond donors (Lipinski definition) is 3. The Hall–Kier alpha value is -1.83. The second kappa shape index (κ2) is 6.11. The van der Waals surface area contributed by atoms with E-state index in [0.717, 1.165) is 0 Å². The van der Waals surface area contributed by atoms with E-state index >= 15 is 0 Å². The highest BCUT2D eigenvalue weighted by molar-refractivity contribution is 6.01. The van der Waals surface area contributed by atoms with Crippen LogP contribution in [0.4, 0.5) is 0 Å². The summed E-state index contributed by atoms with van der Waals surface area (Å²) in [6.07, 6.45) is 4.23. The number of rotatable bonds is 2. The number of carbonyl (C=O) groups excluding carboxylic acids is 2. The lowest BCUT2D eigenvalue weighted by molar-refractivity contribution is -0.150. The number of allylic oxidation sites excluding steroid dienone is 3. The second-order valence-corrected chi connectivity index (χ2v) is 10.2. The van der Waals surface area contributed by atoms with Crippen LogP contribution in [-0.2, 0) is 14.3 Å². The summed E-state index contributed by atoms with van der Waals surface area (Å²) < 4.78 is 5.96. The number of carbonyl (C=O) groups is 2. The number of nitrogens with zero attached hydrogens (tertiary/aromatic N) is 1. The van der Waals surface area contributed by atoms with Gasteiger partial charge in [0.05, 0.1) is 12.2 Å². The first-order valence-corrected chi connectivity index (χ1v) is 10.8. The number of aliphatic hydroxyl groups is 3. The number of fused-ring (bicyclic) bond motifs is 7. The first-order chi connectivity index (χ1) is 14.1. The minimum absolute atomic E-state index is 0.0118. The summed E-state index contributed by atoms with van der Waals surface area (Å²) in [6.45, 7) is 5.06. The third-order valence-electron chi connectivity index (χ3n) is 8.92. The van der Waals surface area contributed by atoms with Crippen molar-refractivity contribution in [1.29, 1.82) is 0 Å². The highest BCUT2D eigenvalue weighted by Gasteiger charge is 2.74. The van der Waals surface area contributed by atoms with Crippen molar-refractivity contribution in [3.63, 3.8) is 0 Å². The van der Waals surface area contributed by atoms with Crippen LogP contribution in [0.15, 0.2) is 28.8 Å². The Labute approximate surface area is 175 Å². The lowest BCUT2D eigenvalue weighted by Gasteiger charge is -2.60. The highest BCUT2D eigenvalue weighted by Crippen LogP contribution is 2.69. The van der Waals surface area contributed by atoms with Crippen molar-refractivity contribution in [3.05, 3.63) is 23.8 Å². The standard InChI is InChI=1S/C23H29NO6/c1-11-24-23(18(29)10-25)19(30-11)8-14-13-7-16(27)15-6-12(26)4-5-21(15,2)20(13)17(28)9-22(14,23)3/h4-6,13-14,16-17,19-20,25,27-28H,7-10H2,1-3H3/t13-,14-,16-,17-,19+,20+,21-,22-,23-/m0/s1. The third-order valence-corrected chi connectivity index (χ3v) is 8.92. The Morgan fingerprint density at radius 3 is 2.73 bits per heavy atom. The van der Waals surface area contributed by atoms with Crippen molar-refractivity contribution < 1.29 is 29.6 Å². The molecule has 0 aromatic carbocycles. The van der Waals surface area contributed by atoms with E-state index in [0.29, 0.717) is 30.7 Å². The maximum Gasteiger partial charge on any atom is 0.190 e. The van der Waals surface area contributed by atoms with Crippen LogP contribution in [0, 0.1) is 28.6 Å². The molecule has 7 nitrogen and oxygen atoms in total. The van der Waals surface area contributed by atoms with Crippen LogP contribution in [0.5, 0.6) is 0 Å². The molecule has 1 heterocycles. The van der Waals surface area contributed by atoms with Gasteiger partial charge in [-0.05, 0) is 48.8 Å². The first kappa shape index (κ1) is 20.1. The van der Waals surface area contributed by atoms with Gasteiger partial charge in [0, 0.05) is 23.7 Å². The van der Waals surface area contributed by atoms with Gasteiger partial charge in [0.25, 0.3) is 0 Å². The van der Waals surface area contributed by atoms with Crippen molar-refractivity contribution in [3.8, 4) is 0 Å². The van der Waals surface area contributed by atoms with E-state index in [4.69, 9.17) is 4.74 Å². The molecule has 0 aromatic heterocycles. The molecule has 0 aromatic rings. The minimum atomic E-state index is -1.21. The van der Waals surface area contributed by atoms with E-state index in [1.54, 1.807) is 6.92 Å². The molecule has 0 bridgehead atoms. The van der Waals surface area contributed by atoms with Gasteiger partial charge >= 0.3 is 0 Å². The molecule has 0 unspecified atom stereocenters. The zero-order valence-electron chi connectivity index (χ0n) is 17.5. The van der Waals surface area contributed by atoms with Gasteiger partial charge in [0.1, 0.15) is 12.7 Å². The van der Waals surface area contributed by atoms with Gasteiger partial charge in [-0.3, -0.25) is 9.59 Å². The molecular weight excluding hydrogens is 386 g/mol. The molecule has 162 valence electrons.